The molecule has 0 radical (unpaired) electrons. The van der Waals surface area contributed by atoms with Gasteiger partial charge in [0.1, 0.15) is 0 Å². The number of nitrogens with zero attached hydrogens (tertiary/aromatic N) is 1. The molecule has 0 bridgehead atoms. The monoisotopic (exact) mass is 197 g/mol. The van der Waals surface area contributed by atoms with Crippen LogP contribution in [0.1, 0.15) is 18.4 Å². The summed E-state index contributed by atoms with van der Waals surface area (Å²) in [4.78, 5) is 9.62. The Hall–Kier alpha value is -1.49. The van der Waals surface area contributed by atoms with Crippen molar-refractivity contribution in [2.45, 2.75) is 18.4 Å². The predicted octanol–water partition coefficient (Wildman–Crippen LogP) is 1.72. The quantitative estimate of drug-likeness (QED) is 0.579. The number of halogens is 1. The van der Waals surface area contributed by atoms with Crippen molar-refractivity contribution in [3.05, 3.63) is 39.7 Å². The summed E-state index contributed by atoms with van der Waals surface area (Å²) in [6.07, 6.45) is 0.927. The molecule has 1 N–H and O–H groups in total. The third-order valence-corrected chi connectivity index (χ3v) is 2.40. The number of hydrogen-bond donors (Lipinski definition) is 1. The van der Waals surface area contributed by atoms with Crippen LogP contribution < -0.4 is 0 Å². The number of benzene rings is 1. The highest BCUT2D eigenvalue weighted by Crippen LogP contribution is 2.47. The van der Waals surface area contributed by atoms with Crippen molar-refractivity contribution in [3.63, 3.8) is 0 Å². The lowest BCUT2D eigenvalue weighted by atomic mass is 10.1. The first kappa shape index (κ1) is 9.08. The van der Waals surface area contributed by atoms with Gasteiger partial charge in [-0.15, -0.1) is 0 Å². The summed E-state index contributed by atoms with van der Waals surface area (Å²) >= 11 is 0. The van der Waals surface area contributed by atoms with Gasteiger partial charge in [0.25, 0.3) is 0 Å². The maximum atomic E-state index is 13.5. The first-order valence-corrected chi connectivity index (χ1v) is 4.20. The maximum absolute atomic E-state index is 13.5. The van der Waals surface area contributed by atoms with Crippen LogP contribution in [0.5, 0.6) is 0 Å². The zero-order valence-electron chi connectivity index (χ0n) is 7.24. The van der Waals surface area contributed by atoms with Crippen LogP contribution in [-0.4, -0.2) is 10.0 Å². The standard InChI is InChI=1S/C9H8FNO3/c10-8-6(9(12)4-5-9)2-1-3-7(8)11(13)14/h1-3,12H,4-5H2. The zero-order chi connectivity index (χ0) is 10.3. The van der Waals surface area contributed by atoms with Gasteiger partial charge in [-0.3, -0.25) is 10.1 Å². The van der Waals surface area contributed by atoms with Crippen molar-refractivity contribution < 1.29 is 14.4 Å². The highest BCUT2D eigenvalue weighted by molar-refractivity contribution is 5.41. The lowest BCUT2D eigenvalue weighted by Crippen LogP contribution is -2.08. The molecule has 1 fully saturated rings. The van der Waals surface area contributed by atoms with Gasteiger partial charge in [-0.1, -0.05) is 12.1 Å². The number of rotatable bonds is 2. The van der Waals surface area contributed by atoms with Crippen molar-refractivity contribution in [2.75, 3.05) is 0 Å². The van der Waals surface area contributed by atoms with Crippen molar-refractivity contribution in [2.24, 2.45) is 0 Å². The molecule has 2 rings (SSSR count). The van der Waals surface area contributed by atoms with Crippen molar-refractivity contribution >= 4 is 5.69 Å². The van der Waals surface area contributed by atoms with Gasteiger partial charge in [0.2, 0.25) is 5.82 Å². The van der Waals surface area contributed by atoms with E-state index in [1.165, 1.54) is 12.1 Å². The molecule has 5 heteroatoms. The van der Waals surface area contributed by atoms with Gasteiger partial charge in [-0.25, -0.2) is 0 Å². The Morgan fingerprint density at radius 2 is 2.14 bits per heavy atom. The molecule has 0 aliphatic heterocycles. The zero-order valence-corrected chi connectivity index (χ0v) is 7.24. The summed E-state index contributed by atoms with van der Waals surface area (Å²) in [6.45, 7) is 0. The van der Waals surface area contributed by atoms with Crippen LogP contribution in [0.3, 0.4) is 0 Å². The van der Waals surface area contributed by atoms with Gasteiger partial charge in [-0.2, -0.15) is 4.39 Å². The molecule has 0 amide bonds. The number of nitro benzene ring substituents is 1. The molecular weight excluding hydrogens is 189 g/mol. The number of hydrogen-bond acceptors (Lipinski definition) is 3. The molecule has 0 aromatic heterocycles. The Morgan fingerprint density at radius 3 is 2.64 bits per heavy atom. The van der Waals surface area contributed by atoms with E-state index in [0.29, 0.717) is 12.8 Å². The first-order valence-electron chi connectivity index (χ1n) is 4.20. The van der Waals surface area contributed by atoms with Crippen LogP contribution in [0.4, 0.5) is 10.1 Å². The molecule has 1 aliphatic carbocycles. The third-order valence-electron chi connectivity index (χ3n) is 2.40. The van der Waals surface area contributed by atoms with Gasteiger partial charge in [0, 0.05) is 11.6 Å². The number of aliphatic hydroxyl groups is 1. The Balaban J connectivity index is 2.52. The van der Waals surface area contributed by atoms with E-state index in [1.54, 1.807) is 0 Å². The number of nitro groups is 1. The Kier molecular flexibility index (Phi) is 1.78. The minimum Gasteiger partial charge on any atom is -0.385 e. The molecule has 14 heavy (non-hydrogen) atoms. The Labute approximate surface area is 79.1 Å². The SMILES string of the molecule is O=[N+]([O-])c1cccc(C2(O)CC2)c1F. The summed E-state index contributed by atoms with van der Waals surface area (Å²) in [5.74, 6) is -0.919. The molecule has 74 valence electrons. The molecule has 4 nitrogen and oxygen atoms in total. The van der Waals surface area contributed by atoms with Gasteiger partial charge in [0.15, 0.2) is 0 Å². The largest absolute Gasteiger partial charge is 0.385 e. The van der Waals surface area contributed by atoms with Gasteiger partial charge >= 0.3 is 5.69 Å². The summed E-state index contributed by atoms with van der Waals surface area (Å²) in [5, 5.41) is 20.0. The Morgan fingerprint density at radius 1 is 1.50 bits per heavy atom. The highest BCUT2D eigenvalue weighted by atomic mass is 19.1. The van der Waals surface area contributed by atoms with E-state index in [0.717, 1.165) is 6.07 Å². The van der Waals surface area contributed by atoms with E-state index in [1.807, 2.05) is 0 Å². The van der Waals surface area contributed by atoms with Crippen LogP contribution in [0.15, 0.2) is 18.2 Å². The topological polar surface area (TPSA) is 63.4 Å². The molecule has 1 aromatic rings. The normalized spacial score (nSPS) is 17.9. The predicted molar refractivity (Wildman–Crippen MR) is 46.2 cm³/mol. The van der Waals surface area contributed by atoms with E-state index < -0.39 is 22.0 Å². The molecule has 0 heterocycles. The fourth-order valence-corrected chi connectivity index (χ4v) is 1.41. The van der Waals surface area contributed by atoms with E-state index in [4.69, 9.17) is 0 Å². The van der Waals surface area contributed by atoms with Crippen LogP contribution >= 0.6 is 0 Å². The minimum atomic E-state index is -1.17. The van der Waals surface area contributed by atoms with E-state index >= 15 is 0 Å². The second-order valence-electron chi connectivity index (χ2n) is 3.43. The van der Waals surface area contributed by atoms with Gasteiger partial charge in [0.05, 0.1) is 10.5 Å². The lowest BCUT2D eigenvalue weighted by Gasteiger charge is -2.08. The van der Waals surface area contributed by atoms with Crippen LogP contribution in [0.2, 0.25) is 0 Å². The smallest absolute Gasteiger partial charge is 0.305 e. The second-order valence-corrected chi connectivity index (χ2v) is 3.43. The maximum Gasteiger partial charge on any atom is 0.305 e. The van der Waals surface area contributed by atoms with Crippen LogP contribution in [0.25, 0.3) is 0 Å². The van der Waals surface area contributed by atoms with E-state index in [2.05, 4.69) is 0 Å². The van der Waals surface area contributed by atoms with Crippen molar-refractivity contribution in [1.82, 2.24) is 0 Å². The summed E-state index contributed by atoms with van der Waals surface area (Å²) in [6, 6.07) is 3.85. The molecule has 1 aliphatic rings. The van der Waals surface area contributed by atoms with Crippen LogP contribution in [0, 0.1) is 15.9 Å². The van der Waals surface area contributed by atoms with E-state index in [-0.39, 0.29) is 5.56 Å². The second kappa shape index (κ2) is 2.75. The molecule has 0 unspecified atom stereocenters. The average Bonchev–Trinajstić information content (AvgIpc) is 2.84. The van der Waals surface area contributed by atoms with Crippen LogP contribution in [-0.2, 0) is 5.60 Å². The van der Waals surface area contributed by atoms with Crippen molar-refractivity contribution in [1.29, 1.82) is 0 Å². The lowest BCUT2D eigenvalue weighted by molar-refractivity contribution is -0.387. The summed E-state index contributed by atoms with van der Waals surface area (Å²) in [7, 11) is 0. The van der Waals surface area contributed by atoms with Gasteiger partial charge in [-0.05, 0) is 12.8 Å². The fourth-order valence-electron chi connectivity index (χ4n) is 1.41. The Bertz CT molecular complexity index is 401. The average molecular weight is 197 g/mol. The molecule has 0 saturated heterocycles. The highest BCUT2D eigenvalue weighted by Gasteiger charge is 2.45. The van der Waals surface area contributed by atoms with E-state index in [9.17, 15) is 19.6 Å². The van der Waals surface area contributed by atoms with Crippen molar-refractivity contribution in [3.8, 4) is 0 Å². The molecular formula is C9H8FNO3. The fraction of sp³-hybridized carbons (Fsp3) is 0.333. The summed E-state index contributed by atoms with van der Waals surface area (Å²) in [5.41, 5.74) is -1.72. The molecule has 0 atom stereocenters. The molecule has 1 saturated carbocycles. The minimum absolute atomic E-state index is 0.0340. The first-order chi connectivity index (χ1) is 6.54. The molecule has 1 aromatic carbocycles. The molecule has 0 spiro atoms. The van der Waals surface area contributed by atoms with Gasteiger partial charge < -0.3 is 5.11 Å². The summed E-state index contributed by atoms with van der Waals surface area (Å²) < 4.78 is 13.5. The third kappa shape index (κ3) is 1.26.